The Morgan fingerprint density at radius 1 is 1.50 bits per heavy atom. The van der Waals surface area contributed by atoms with E-state index in [2.05, 4.69) is 5.32 Å². The van der Waals surface area contributed by atoms with Crippen LogP contribution < -0.4 is 5.32 Å². The minimum atomic E-state index is -0.316. The Labute approximate surface area is 86.1 Å². The Hall–Kier alpha value is -1.09. The summed E-state index contributed by atoms with van der Waals surface area (Å²) in [7, 11) is 0. The molecule has 4 heteroatoms. The Morgan fingerprint density at radius 3 is 2.93 bits per heavy atom. The van der Waals surface area contributed by atoms with E-state index in [-0.39, 0.29) is 17.6 Å². The molecule has 74 valence electrons. The summed E-state index contributed by atoms with van der Waals surface area (Å²) in [5.74, 6) is -0.315. The highest BCUT2D eigenvalue weighted by atomic mass is 35.5. The molecule has 0 aliphatic carbocycles. The van der Waals surface area contributed by atoms with Crippen molar-refractivity contribution in [1.29, 1.82) is 0 Å². The van der Waals surface area contributed by atoms with E-state index in [1.165, 1.54) is 18.2 Å². The average Bonchev–Trinajstić information content (AvgIpc) is 2.56. The molecule has 1 aromatic carbocycles. The molecule has 0 aromatic heterocycles. The monoisotopic (exact) mass is 213 g/mol. The van der Waals surface area contributed by atoms with Gasteiger partial charge in [0.25, 0.3) is 0 Å². The van der Waals surface area contributed by atoms with E-state index >= 15 is 0 Å². The fraction of sp³-hybridized carbons (Fsp3) is 0.300. The molecule has 2 nitrogen and oxygen atoms in total. The molecule has 1 aliphatic rings. The summed E-state index contributed by atoms with van der Waals surface area (Å²) in [6, 6.07) is 4.23. The van der Waals surface area contributed by atoms with E-state index in [0.717, 1.165) is 0 Å². The molecule has 0 spiro atoms. The maximum atomic E-state index is 12.9. The largest absolute Gasteiger partial charge is 0.355 e. The normalized spacial score (nSPS) is 21.0. The van der Waals surface area contributed by atoms with Crippen LogP contribution in [-0.4, -0.2) is 12.5 Å². The smallest absolute Gasteiger partial charge is 0.220 e. The van der Waals surface area contributed by atoms with Crippen molar-refractivity contribution in [2.24, 2.45) is 0 Å². The summed E-state index contributed by atoms with van der Waals surface area (Å²) in [6.07, 6.45) is 0.392. The zero-order valence-corrected chi connectivity index (χ0v) is 8.14. The number of carbonyl (C=O) groups excluding carboxylic acids is 1. The second-order valence-corrected chi connectivity index (χ2v) is 3.78. The fourth-order valence-electron chi connectivity index (χ4n) is 1.65. The molecule has 0 saturated carbocycles. The second kappa shape index (κ2) is 3.58. The van der Waals surface area contributed by atoms with E-state index in [1.807, 2.05) is 0 Å². The van der Waals surface area contributed by atoms with E-state index in [9.17, 15) is 9.18 Å². The number of rotatable bonds is 1. The van der Waals surface area contributed by atoms with E-state index in [1.54, 1.807) is 0 Å². The molecule has 1 fully saturated rings. The number of hydrogen-bond acceptors (Lipinski definition) is 1. The highest BCUT2D eigenvalue weighted by molar-refractivity contribution is 6.31. The molecule has 14 heavy (non-hydrogen) atoms. The van der Waals surface area contributed by atoms with Crippen LogP contribution in [0.3, 0.4) is 0 Å². The van der Waals surface area contributed by atoms with Crippen molar-refractivity contribution >= 4 is 17.5 Å². The molecule has 1 N–H and O–H groups in total. The minimum absolute atomic E-state index is 0.00433. The van der Waals surface area contributed by atoms with Crippen molar-refractivity contribution in [2.75, 3.05) is 6.54 Å². The van der Waals surface area contributed by atoms with Crippen molar-refractivity contribution in [1.82, 2.24) is 5.32 Å². The quantitative estimate of drug-likeness (QED) is 0.761. The highest BCUT2D eigenvalue weighted by Crippen LogP contribution is 2.29. The van der Waals surface area contributed by atoms with Gasteiger partial charge >= 0.3 is 0 Å². The number of hydrogen-bond donors (Lipinski definition) is 1. The summed E-state index contributed by atoms with van der Waals surface area (Å²) < 4.78 is 12.9. The first-order valence-corrected chi connectivity index (χ1v) is 4.76. The Balaban J connectivity index is 2.31. The van der Waals surface area contributed by atoms with Crippen LogP contribution in [0, 0.1) is 5.82 Å². The summed E-state index contributed by atoms with van der Waals surface area (Å²) in [5, 5.41) is 3.22. The summed E-state index contributed by atoms with van der Waals surface area (Å²) in [4.78, 5) is 11.0. The molecule has 2 rings (SSSR count). The zero-order valence-electron chi connectivity index (χ0n) is 7.39. The zero-order chi connectivity index (χ0) is 10.1. The number of nitrogens with one attached hydrogen (secondary N) is 1. The molecule has 1 unspecified atom stereocenters. The predicted molar refractivity (Wildman–Crippen MR) is 51.8 cm³/mol. The molecule has 1 heterocycles. The maximum Gasteiger partial charge on any atom is 0.220 e. The molecule has 1 aliphatic heterocycles. The lowest BCUT2D eigenvalue weighted by Crippen LogP contribution is -2.13. The van der Waals surface area contributed by atoms with Gasteiger partial charge in [0, 0.05) is 23.9 Å². The van der Waals surface area contributed by atoms with E-state index in [4.69, 9.17) is 11.6 Å². The van der Waals surface area contributed by atoms with Crippen molar-refractivity contribution < 1.29 is 9.18 Å². The third-order valence-electron chi connectivity index (χ3n) is 2.38. The summed E-state index contributed by atoms with van der Waals surface area (Å²) in [5.41, 5.74) is 0.713. The van der Waals surface area contributed by atoms with Crippen LogP contribution in [0.25, 0.3) is 0 Å². The van der Waals surface area contributed by atoms with Gasteiger partial charge in [-0.25, -0.2) is 4.39 Å². The van der Waals surface area contributed by atoms with Crippen LogP contribution in [0.1, 0.15) is 17.9 Å². The standard InChI is InChI=1S/C10H9ClFNO/c11-9-2-1-7(12)4-8(9)6-3-10(14)13-5-6/h1-2,4,6H,3,5H2,(H,13,14). The lowest BCUT2D eigenvalue weighted by atomic mass is 9.98. The first-order chi connectivity index (χ1) is 6.66. The van der Waals surface area contributed by atoms with Crippen LogP contribution in [0.5, 0.6) is 0 Å². The van der Waals surface area contributed by atoms with Crippen LogP contribution >= 0.6 is 11.6 Å². The first kappa shape index (κ1) is 9.46. The van der Waals surface area contributed by atoms with Gasteiger partial charge < -0.3 is 5.32 Å². The van der Waals surface area contributed by atoms with Gasteiger partial charge in [0.2, 0.25) is 5.91 Å². The first-order valence-electron chi connectivity index (χ1n) is 4.38. The van der Waals surface area contributed by atoms with Crippen molar-refractivity contribution in [3.63, 3.8) is 0 Å². The maximum absolute atomic E-state index is 12.9. The number of amides is 1. The van der Waals surface area contributed by atoms with Crippen molar-refractivity contribution in [3.05, 3.63) is 34.6 Å². The second-order valence-electron chi connectivity index (χ2n) is 3.37. The third-order valence-corrected chi connectivity index (χ3v) is 2.72. The summed E-state index contributed by atoms with van der Waals surface area (Å²) >= 11 is 5.92. The van der Waals surface area contributed by atoms with Gasteiger partial charge in [0.1, 0.15) is 5.82 Å². The molecule has 1 amide bonds. The molecule has 1 aromatic rings. The fourth-order valence-corrected chi connectivity index (χ4v) is 1.92. The number of halogens is 2. The van der Waals surface area contributed by atoms with Gasteiger partial charge in [-0.3, -0.25) is 4.79 Å². The topological polar surface area (TPSA) is 29.1 Å². The van der Waals surface area contributed by atoms with Crippen molar-refractivity contribution in [2.45, 2.75) is 12.3 Å². The average molecular weight is 214 g/mol. The van der Waals surface area contributed by atoms with Gasteiger partial charge in [-0.05, 0) is 23.8 Å². The van der Waals surface area contributed by atoms with Gasteiger partial charge in [0.15, 0.2) is 0 Å². The molecule has 1 saturated heterocycles. The predicted octanol–water partition coefficient (Wildman–Crippen LogP) is 2.08. The van der Waals surface area contributed by atoms with Crippen molar-refractivity contribution in [3.8, 4) is 0 Å². The van der Waals surface area contributed by atoms with E-state index < -0.39 is 0 Å². The third kappa shape index (κ3) is 1.73. The van der Waals surface area contributed by atoms with E-state index in [0.29, 0.717) is 23.6 Å². The highest BCUT2D eigenvalue weighted by Gasteiger charge is 2.24. The number of carbonyl (C=O) groups is 1. The molecule has 0 radical (unpaired) electrons. The Morgan fingerprint density at radius 2 is 2.29 bits per heavy atom. The molecular formula is C10H9ClFNO. The SMILES string of the molecule is O=C1CC(c2cc(F)ccc2Cl)CN1. The van der Waals surface area contributed by atoms with Crippen LogP contribution in [0.2, 0.25) is 5.02 Å². The van der Waals surface area contributed by atoms with Crippen LogP contribution in [0.15, 0.2) is 18.2 Å². The number of benzene rings is 1. The Bertz CT molecular complexity index is 380. The summed E-state index contributed by atoms with van der Waals surface area (Å²) in [6.45, 7) is 0.544. The van der Waals surface area contributed by atoms with Crippen LogP contribution in [0.4, 0.5) is 4.39 Å². The molecule has 1 atom stereocenters. The lowest BCUT2D eigenvalue weighted by molar-refractivity contribution is -0.119. The van der Waals surface area contributed by atoms with Crippen LogP contribution in [-0.2, 0) is 4.79 Å². The van der Waals surface area contributed by atoms with Gasteiger partial charge in [-0.2, -0.15) is 0 Å². The molecule has 0 bridgehead atoms. The molecular weight excluding hydrogens is 205 g/mol. The van der Waals surface area contributed by atoms with Gasteiger partial charge in [0.05, 0.1) is 0 Å². The minimum Gasteiger partial charge on any atom is -0.355 e. The Kier molecular flexibility index (Phi) is 2.42. The lowest BCUT2D eigenvalue weighted by Gasteiger charge is -2.09. The van der Waals surface area contributed by atoms with Gasteiger partial charge in [-0.1, -0.05) is 11.6 Å². The van der Waals surface area contributed by atoms with Gasteiger partial charge in [-0.15, -0.1) is 0 Å².